The van der Waals surface area contributed by atoms with Gasteiger partial charge < -0.3 is 10.4 Å². The highest BCUT2D eigenvalue weighted by atomic mass is 32.2. The molecule has 1 unspecified atom stereocenters. The largest absolute Gasteiger partial charge is 0.381 e. The minimum Gasteiger partial charge on any atom is -0.381 e. The van der Waals surface area contributed by atoms with E-state index < -0.39 is 10.1 Å². The van der Waals surface area contributed by atoms with Crippen LogP contribution in [0.3, 0.4) is 0 Å². The molecule has 0 amide bonds. The summed E-state index contributed by atoms with van der Waals surface area (Å²) in [7, 11) is -3.93. The van der Waals surface area contributed by atoms with E-state index in [2.05, 4.69) is 15.1 Å². The highest BCUT2D eigenvalue weighted by Gasteiger charge is 2.32. The number of hydrogen-bond donors (Lipinski definition) is 3. The summed E-state index contributed by atoms with van der Waals surface area (Å²) in [5, 5.41) is 12.6. The maximum absolute atomic E-state index is 10.9. The van der Waals surface area contributed by atoms with Crippen molar-refractivity contribution < 1.29 is 18.1 Å². The molecule has 2 rings (SSSR count). The van der Waals surface area contributed by atoms with Crippen LogP contribution >= 0.6 is 0 Å². The second kappa shape index (κ2) is 7.12. The molecular weight excluding hydrogens is 284 g/mol. The Hall–Kier alpha value is -0.290. The monoisotopic (exact) mass is 308 g/mol. The quantitative estimate of drug-likeness (QED) is 0.487. The second-order valence-electron chi connectivity index (χ2n) is 5.31. The Morgan fingerprint density at radius 2 is 1.85 bits per heavy atom. The maximum atomic E-state index is 10.9. The molecular formula is C11H24N4O4S. The van der Waals surface area contributed by atoms with Gasteiger partial charge in [-0.15, -0.1) is 0 Å². The summed E-state index contributed by atoms with van der Waals surface area (Å²) in [6, 6.07) is 0. The minimum atomic E-state index is -3.93. The van der Waals surface area contributed by atoms with Gasteiger partial charge in [0.1, 0.15) is 0 Å². The van der Waals surface area contributed by atoms with Gasteiger partial charge in [0.05, 0.1) is 18.6 Å². The zero-order chi connectivity index (χ0) is 14.6. The molecule has 2 saturated heterocycles. The predicted molar refractivity (Wildman–Crippen MR) is 74.9 cm³/mol. The van der Waals surface area contributed by atoms with Crippen molar-refractivity contribution in [3.63, 3.8) is 0 Å². The topological polar surface area (TPSA) is 96.4 Å². The molecule has 0 bridgehead atoms. The fourth-order valence-corrected chi connectivity index (χ4v) is 3.27. The minimum absolute atomic E-state index is 0.0225. The van der Waals surface area contributed by atoms with Crippen LogP contribution in [-0.4, -0.2) is 104 Å². The smallest absolute Gasteiger partial charge is 0.266 e. The van der Waals surface area contributed by atoms with E-state index in [1.807, 2.05) is 4.90 Å². The predicted octanol–water partition coefficient (Wildman–Crippen LogP) is -2.33. The fourth-order valence-electron chi connectivity index (χ4n) is 2.81. The molecule has 0 aromatic carbocycles. The molecule has 2 aliphatic heterocycles. The maximum Gasteiger partial charge on any atom is 0.266 e. The normalized spacial score (nSPS) is 27.8. The number of aliphatic hydroxyl groups excluding tert-OH is 1. The highest BCUT2D eigenvalue weighted by Crippen LogP contribution is 2.14. The van der Waals surface area contributed by atoms with E-state index >= 15 is 0 Å². The van der Waals surface area contributed by atoms with Crippen LogP contribution in [0.4, 0.5) is 0 Å². The van der Waals surface area contributed by atoms with Gasteiger partial charge in [-0.05, 0) is 0 Å². The summed E-state index contributed by atoms with van der Waals surface area (Å²) >= 11 is 0. The molecule has 0 spiro atoms. The van der Waals surface area contributed by atoms with Crippen molar-refractivity contribution in [3.8, 4) is 0 Å². The van der Waals surface area contributed by atoms with Crippen molar-refractivity contribution in [2.45, 2.75) is 6.17 Å². The molecule has 8 nitrogen and oxygen atoms in total. The van der Waals surface area contributed by atoms with Crippen LogP contribution in [0, 0.1) is 0 Å². The summed E-state index contributed by atoms with van der Waals surface area (Å²) in [5.41, 5.74) is 0. The molecule has 20 heavy (non-hydrogen) atoms. The van der Waals surface area contributed by atoms with Crippen molar-refractivity contribution in [1.82, 2.24) is 20.0 Å². The summed E-state index contributed by atoms with van der Waals surface area (Å²) in [4.78, 5) is 6.35. The molecule has 0 aliphatic carbocycles. The first-order valence-electron chi connectivity index (χ1n) is 6.97. The molecule has 0 aromatic heterocycles. The zero-order valence-electron chi connectivity index (χ0n) is 11.6. The third-order valence-corrected chi connectivity index (χ3v) is 4.65. The van der Waals surface area contributed by atoms with E-state index in [1.165, 1.54) is 0 Å². The molecule has 0 aromatic rings. The van der Waals surface area contributed by atoms with E-state index in [-0.39, 0.29) is 18.6 Å². The number of aliphatic hydroxyl groups is 1. The lowest BCUT2D eigenvalue weighted by Gasteiger charge is -2.47. The van der Waals surface area contributed by atoms with Crippen molar-refractivity contribution in [2.24, 2.45) is 0 Å². The molecule has 2 fully saturated rings. The lowest BCUT2D eigenvalue weighted by atomic mass is 10.2. The van der Waals surface area contributed by atoms with Crippen LogP contribution < -0.4 is 5.32 Å². The number of hydrogen-bond acceptors (Lipinski definition) is 7. The van der Waals surface area contributed by atoms with Crippen molar-refractivity contribution in [3.05, 3.63) is 0 Å². The average molecular weight is 308 g/mol. The molecule has 1 atom stereocenters. The Morgan fingerprint density at radius 3 is 2.45 bits per heavy atom. The Labute approximate surface area is 120 Å². The molecule has 2 heterocycles. The van der Waals surface area contributed by atoms with Crippen LogP contribution in [0.1, 0.15) is 0 Å². The Kier molecular flexibility index (Phi) is 5.73. The van der Waals surface area contributed by atoms with Gasteiger partial charge >= 0.3 is 0 Å². The number of rotatable bonds is 5. The van der Waals surface area contributed by atoms with Crippen molar-refractivity contribution in [1.29, 1.82) is 0 Å². The van der Waals surface area contributed by atoms with E-state index in [0.717, 1.165) is 26.2 Å². The Balaban J connectivity index is 1.99. The van der Waals surface area contributed by atoms with Gasteiger partial charge in [0.25, 0.3) is 10.1 Å². The zero-order valence-corrected chi connectivity index (χ0v) is 12.4. The number of piperazine rings is 2. The summed E-state index contributed by atoms with van der Waals surface area (Å²) in [5.74, 6) is -0.241. The van der Waals surface area contributed by atoms with Gasteiger partial charge in [-0.25, -0.2) is 0 Å². The third kappa shape index (κ3) is 4.62. The molecule has 9 heteroatoms. The molecule has 118 valence electrons. The standard InChI is InChI=1S/C11H24N4O4S/c16-10-13-5-6-15(7-8-20(17,18)19)11(9-13)14-3-1-12-2-4-14/h11-12,16H,1-10H2,(H,17,18,19). The Bertz CT molecular complexity index is 399. The first-order valence-corrected chi connectivity index (χ1v) is 8.58. The molecule has 2 aliphatic rings. The van der Waals surface area contributed by atoms with E-state index in [4.69, 9.17) is 4.55 Å². The second-order valence-corrected chi connectivity index (χ2v) is 6.88. The molecule has 0 radical (unpaired) electrons. The van der Waals surface area contributed by atoms with Crippen LogP contribution in [0.2, 0.25) is 0 Å². The first-order chi connectivity index (χ1) is 9.49. The van der Waals surface area contributed by atoms with Crippen LogP contribution in [0.25, 0.3) is 0 Å². The molecule has 3 N–H and O–H groups in total. The van der Waals surface area contributed by atoms with E-state index in [0.29, 0.717) is 26.2 Å². The summed E-state index contributed by atoms with van der Waals surface area (Å²) in [6.07, 6.45) is 0.0970. The lowest BCUT2D eigenvalue weighted by molar-refractivity contribution is -0.0471. The number of nitrogens with zero attached hydrogens (tertiary/aromatic N) is 3. The van der Waals surface area contributed by atoms with E-state index in [9.17, 15) is 13.5 Å². The number of nitrogens with one attached hydrogen (secondary N) is 1. The van der Waals surface area contributed by atoms with Gasteiger partial charge in [0.15, 0.2) is 0 Å². The Morgan fingerprint density at radius 1 is 1.15 bits per heavy atom. The SMILES string of the molecule is O=S(=O)(O)CCN1CCN(CO)CC1N1CCNCC1. The van der Waals surface area contributed by atoms with Gasteiger partial charge in [0.2, 0.25) is 0 Å². The fraction of sp³-hybridized carbons (Fsp3) is 1.00. The van der Waals surface area contributed by atoms with Crippen LogP contribution in [0.15, 0.2) is 0 Å². The van der Waals surface area contributed by atoms with Gasteiger partial charge in [-0.2, -0.15) is 8.42 Å². The molecule has 0 saturated carbocycles. The van der Waals surface area contributed by atoms with E-state index in [1.54, 1.807) is 0 Å². The van der Waals surface area contributed by atoms with Crippen molar-refractivity contribution in [2.75, 3.05) is 64.8 Å². The average Bonchev–Trinajstić information content (AvgIpc) is 2.45. The van der Waals surface area contributed by atoms with Crippen LogP contribution in [-0.2, 0) is 10.1 Å². The third-order valence-electron chi connectivity index (χ3n) is 3.96. The summed E-state index contributed by atoms with van der Waals surface area (Å²) in [6.45, 7) is 6.11. The van der Waals surface area contributed by atoms with Crippen molar-refractivity contribution >= 4 is 10.1 Å². The van der Waals surface area contributed by atoms with Crippen LogP contribution in [0.5, 0.6) is 0 Å². The highest BCUT2D eigenvalue weighted by molar-refractivity contribution is 7.85. The van der Waals surface area contributed by atoms with Gasteiger partial charge in [0, 0.05) is 52.4 Å². The van der Waals surface area contributed by atoms with Gasteiger partial charge in [-0.3, -0.25) is 19.3 Å². The lowest BCUT2D eigenvalue weighted by Crippen LogP contribution is -2.63. The van der Waals surface area contributed by atoms with Gasteiger partial charge in [-0.1, -0.05) is 0 Å². The summed E-state index contributed by atoms with van der Waals surface area (Å²) < 4.78 is 30.8. The first kappa shape index (κ1) is 16.1.